The molecule has 3 aromatic rings. The van der Waals surface area contributed by atoms with Gasteiger partial charge in [0, 0.05) is 5.69 Å². The average Bonchev–Trinajstić information content (AvgIpc) is 2.97. The highest BCUT2D eigenvalue weighted by Gasteiger charge is 2.26. The molecule has 0 bridgehead atoms. The van der Waals surface area contributed by atoms with Gasteiger partial charge < -0.3 is 20.8 Å². The smallest absolute Gasteiger partial charge is 0.335 e. The highest BCUT2D eigenvalue weighted by molar-refractivity contribution is 6.34. The largest absolute Gasteiger partial charge is 0.478 e. The molecule has 0 aliphatic rings. The molecule has 0 radical (unpaired) electrons. The van der Waals surface area contributed by atoms with Crippen LogP contribution in [0.2, 0.25) is 15.1 Å². The molecule has 0 aliphatic heterocycles. The summed E-state index contributed by atoms with van der Waals surface area (Å²) in [5.41, 5.74) is 0.163. The number of anilines is 2. The van der Waals surface area contributed by atoms with Crippen LogP contribution in [0.15, 0.2) is 69.0 Å². The molecular weight excluding hydrogens is 667 g/mol. The number of nitrogens with one attached hydrogen (secondary N) is 2. The van der Waals surface area contributed by atoms with Crippen LogP contribution in [0.1, 0.15) is 40.1 Å². The Bertz CT molecular complexity index is 1700. The van der Waals surface area contributed by atoms with E-state index in [0.29, 0.717) is 5.56 Å². The van der Waals surface area contributed by atoms with Gasteiger partial charge in [-0.1, -0.05) is 34.8 Å². The number of aromatic carboxylic acids is 2. The van der Waals surface area contributed by atoms with Gasteiger partial charge >= 0.3 is 11.9 Å². The van der Waals surface area contributed by atoms with Gasteiger partial charge in [-0.2, -0.15) is 20.5 Å². The quantitative estimate of drug-likeness (QED) is 0.118. The Hall–Kier alpha value is -5.05. The molecule has 3 aromatic carbocycles. The summed E-state index contributed by atoms with van der Waals surface area (Å²) in [5, 5.41) is 38.4. The van der Waals surface area contributed by atoms with Gasteiger partial charge in [-0.3, -0.25) is 19.2 Å². The lowest BCUT2D eigenvalue weighted by Crippen LogP contribution is -2.32. The number of halogens is 3. The van der Waals surface area contributed by atoms with Gasteiger partial charge in [0.1, 0.15) is 11.4 Å². The van der Waals surface area contributed by atoms with Gasteiger partial charge in [0.25, 0.3) is 11.8 Å². The van der Waals surface area contributed by atoms with Crippen molar-refractivity contribution >= 4 is 92.9 Å². The van der Waals surface area contributed by atoms with Crippen LogP contribution in [-0.4, -0.2) is 57.6 Å². The number of nitrogens with zero attached hydrogens (tertiary/aromatic N) is 4. The summed E-state index contributed by atoms with van der Waals surface area (Å²) in [6.07, 6.45) is 0. The maximum atomic E-state index is 13.0. The topological polar surface area (TPSA) is 216 Å². The zero-order chi connectivity index (χ0) is 34.3. The molecule has 238 valence electrons. The Kier molecular flexibility index (Phi) is 11.8. The van der Waals surface area contributed by atoms with Crippen LogP contribution in [-0.2, 0) is 19.2 Å². The molecule has 14 nitrogen and oxygen atoms in total. The molecule has 0 saturated heterocycles. The predicted molar refractivity (Wildman–Crippen MR) is 168 cm³/mol. The molecule has 2 atom stereocenters. The number of aryl methyl sites for hydroxylation is 1. The fourth-order valence-corrected chi connectivity index (χ4v) is 4.16. The normalized spacial score (nSPS) is 12.5. The van der Waals surface area contributed by atoms with E-state index >= 15 is 0 Å². The van der Waals surface area contributed by atoms with E-state index in [4.69, 9.17) is 34.8 Å². The van der Waals surface area contributed by atoms with Crippen molar-refractivity contribution in [2.45, 2.75) is 32.9 Å². The van der Waals surface area contributed by atoms with Crippen LogP contribution in [0.5, 0.6) is 0 Å². The zero-order valence-electron chi connectivity index (χ0n) is 24.0. The Morgan fingerprint density at radius 3 is 1.43 bits per heavy atom. The molecule has 46 heavy (non-hydrogen) atoms. The van der Waals surface area contributed by atoms with Crippen LogP contribution in [0.3, 0.4) is 0 Å². The van der Waals surface area contributed by atoms with Crippen molar-refractivity contribution in [1.29, 1.82) is 0 Å². The number of Topliss-reactive ketones (excluding diaryl/α,β-unsaturated/α-hetero) is 2. The third-order valence-electron chi connectivity index (χ3n) is 6.04. The summed E-state index contributed by atoms with van der Waals surface area (Å²) in [7, 11) is 0. The lowest BCUT2D eigenvalue weighted by Gasteiger charge is -2.15. The van der Waals surface area contributed by atoms with E-state index in [9.17, 15) is 39.0 Å². The van der Waals surface area contributed by atoms with Crippen molar-refractivity contribution in [3.05, 3.63) is 80.3 Å². The summed E-state index contributed by atoms with van der Waals surface area (Å²) >= 11 is 18.4. The first-order valence-electron chi connectivity index (χ1n) is 12.9. The first kappa shape index (κ1) is 35.4. The fraction of sp³-hybridized carbons (Fsp3) is 0.172. The van der Waals surface area contributed by atoms with E-state index < -0.39 is 47.4 Å². The molecule has 2 amide bonds. The minimum absolute atomic E-state index is 0.0393. The van der Waals surface area contributed by atoms with E-state index in [1.807, 2.05) is 0 Å². The standard InChI is InChI=1S/C29H23Cl3N6O8/c1-12-8-21(34-27(42)25(14(3)40)38-36-23-10-16(29(45)46)5-7-18(23)31)19(32)11-20(12)33-26(41)24(13(2)39)37-35-22-9-15(28(43)44)4-6-17(22)30/h4-11,24-25H,1-3H3,(H,33,41)(H,34,42)(H,43,44)(H,45,46). The van der Waals surface area contributed by atoms with Gasteiger partial charge in [0.05, 0.1) is 31.9 Å². The van der Waals surface area contributed by atoms with E-state index in [1.54, 1.807) is 6.92 Å². The number of carbonyl (C=O) groups excluding carboxylic acids is 4. The number of hydrogen-bond donors (Lipinski definition) is 4. The SMILES string of the molecule is CC(=O)C(N=Nc1cc(C(=O)O)ccc1Cl)C(=O)Nc1cc(Cl)c(NC(=O)C(N=Nc2cc(C(=O)O)ccc2Cl)C(C)=O)cc1C. The van der Waals surface area contributed by atoms with Gasteiger partial charge in [0.15, 0.2) is 11.6 Å². The minimum atomic E-state index is -1.65. The Morgan fingerprint density at radius 2 is 1.04 bits per heavy atom. The highest BCUT2D eigenvalue weighted by Crippen LogP contribution is 2.31. The number of azo groups is 2. The van der Waals surface area contributed by atoms with Crippen LogP contribution >= 0.6 is 34.8 Å². The van der Waals surface area contributed by atoms with Crippen LogP contribution in [0.25, 0.3) is 0 Å². The average molecular weight is 690 g/mol. The van der Waals surface area contributed by atoms with Gasteiger partial charge in [-0.05, 0) is 74.9 Å². The lowest BCUT2D eigenvalue weighted by molar-refractivity contribution is -0.127. The molecule has 3 rings (SSSR count). The van der Waals surface area contributed by atoms with Gasteiger partial charge in [-0.25, -0.2) is 9.59 Å². The van der Waals surface area contributed by atoms with Gasteiger partial charge in [-0.15, -0.1) is 0 Å². The monoisotopic (exact) mass is 688 g/mol. The number of rotatable bonds is 12. The van der Waals surface area contributed by atoms with Crippen LogP contribution < -0.4 is 10.6 Å². The summed E-state index contributed by atoms with van der Waals surface area (Å²) in [6.45, 7) is 3.77. The second-order valence-electron chi connectivity index (χ2n) is 9.53. The number of carboxylic acids is 2. The molecular formula is C29H23Cl3N6O8. The van der Waals surface area contributed by atoms with Crippen molar-refractivity contribution < 1.29 is 39.0 Å². The first-order valence-corrected chi connectivity index (χ1v) is 14.0. The maximum absolute atomic E-state index is 13.0. The summed E-state index contributed by atoms with van der Waals surface area (Å²) < 4.78 is 0. The van der Waals surface area contributed by atoms with Crippen molar-refractivity contribution in [2.75, 3.05) is 10.6 Å². The summed E-state index contributed by atoms with van der Waals surface area (Å²) in [5.74, 6) is -5.66. The third kappa shape index (κ3) is 9.00. The van der Waals surface area contributed by atoms with Gasteiger partial charge in [0.2, 0.25) is 12.1 Å². The third-order valence-corrected chi connectivity index (χ3v) is 7.00. The summed E-state index contributed by atoms with van der Waals surface area (Å²) in [6, 6.07) is 6.71. The minimum Gasteiger partial charge on any atom is -0.478 e. The van der Waals surface area contributed by atoms with Crippen molar-refractivity contribution in [2.24, 2.45) is 20.5 Å². The molecule has 0 fully saturated rings. The Labute approximate surface area is 275 Å². The number of benzene rings is 3. The summed E-state index contributed by atoms with van der Waals surface area (Å²) in [4.78, 5) is 72.8. The second-order valence-corrected chi connectivity index (χ2v) is 10.7. The molecule has 0 spiro atoms. The van der Waals surface area contributed by atoms with Crippen molar-refractivity contribution in [3.63, 3.8) is 0 Å². The predicted octanol–water partition coefficient (Wildman–Crippen LogP) is 6.71. The Morgan fingerprint density at radius 1 is 0.630 bits per heavy atom. The lowest BCUT2D eigenvalue weighted by atomic mass is 10.1. The van der Waals surface area contributed by atoms with E-state index in [1.165, 1.54) is 36.4 Å². The number of carbonyl (C=O) groups is 6. The van der Waals surface area contributed by atoms with Crippen molar-refractivity contribution in [3.8, 4) is 0 Å². The van der Waals surface area contributed by atoms with Crippen molar-refractivity contribution in [1.82, 2.24) is 0 Å². The number of hydrogen-bond acceptors (Lipinski definition) is 10. The Balaban J connectivity index is 1.79. The van der Waals surface area contributed by atoms with E-state index in [0.717, 1.165) is 26.0 Å². The molecule has 17 heteroatoms. The first-order chi connectivity index (χ1) is 21.6. The van der Waals surface area contributed by atoms with E-state index in [-0.39, 0.29) is 48.9 Å². The molecule has 0 heterocycles. The molecule has 0 aromatic heterocycles. The van der Waals surface area contributed by atoms with Crippen LogP contribution in [0, 0.1) is 6.92 Å². The van der Waals surface area contributed by atoms with E-state index in [2.05, 4.69) is 31.1 Å². The molecule has 0 saturated carbocycles. The number of carboxylic acid groups (broad SMARTS) is 2. The molecule has 2 unspecified atom stereocenters. The number of ketones is 2. The highest BCUT2D eigenvalue weighted by atomic mass is 35.5. The second kappa shape index (κ2) is 15.3. The fourth-order valence-electron chi connectivity index (χ4n) is 3.64. The van der Waals surface area contributed by atoms with Crippen LogP contribution in [0.4, 0.5) is 22.7 Å². The zero-order valence-corrected chi connectivity index (χ0v) is 26.3. The maximum Gasteiger partial charge on any atom is 0.335 e. The molecule has 4 N–H and O–H groups in total. The number of amides is 2. The molecule has 0 aliphatic carbocycles.